The highest BCUT2D eigenvalue weighted by Gasteiger charge is 2.01. The Morgan fingerprint density at radius 2 is 1.35 bits per heavy atom. The monoisotopic (exact) mass is 260 g/mol. The first-order valence-electron chi connectivity index (χ1n) is 4.82. The second-order valence-corrected chi connectivity index (χ2v) is 1.84. The fraction of sp³-hybridized carbons (Fsp3) is 0.750. The number of carbonyl (C=O) groups is 2. The van der Waals surface area contributed by atoms with Gasteiger partial charge in [-0.1, -0.05) is 0 Å². The van der Waals surface area contributed by atoms with Crippen LogP contribution >= 0.6 is 0 Å². The average molecular weight is 260 g/mol. The van der Waals surface area contributed by atoms with E-state index in [9.17, 15) is 19.8 Å². The summed E-state index contributed by atoms with van der Waals surface area (Å²) < 4.78 is 0. The van der Waals surface area contributed by atoms with Crippen molar-refractivity contribution >= 4 is 11.9 Å². The molecule has 0 aliphatic heterocycles. The van der Waals surface area contributed by atoms with Crippen LogP contribution in [-0.2, 0) is 9.59 Å². The van der Waals surface area contributed by atoms with Crippen LogP contribution in [0.3, 0.4) is 0 Å². The van der Waals surface area contributed by atoms with Crippen molar-refractivity contribution in [2.45, 2.75) is 18.9 Å². The lowest BCUT2D eigenvalue weighted by Crippen LogP contribution is -3.00. The van der Waals surface area contributed by atoms with Gasteiger partial charge in [-0.25, -0.2) is 0 Å². The lowest BCUT2D eigenvalue weighted by molar-refractivity contribution is -0.325. The number of halogens is 1. The zero-order chi connectivity index (χ0) is 14.1. The first kappa shape index (κ1) is 29.6. The molecular formula is C8H25FN4O4. The molecule has 8 nitrogen and oxygen atoms in total. The van der Waals surface area contributed by atoms with E-state index in [1.54, 1.807) is 21.1 Å². The molecule has 0 heterocycles. The minimum atomic E-state index is -1.44. The molecule has 9 heteroatoms. The lowest BCUT2D eigenvalue weighted by atomic mass is 10.2. The van der Waals surface area contributed by atoms with Crippen LogP contribution in [-0.4, -0.2) is 39.1 Å². The van der Waals surface area contributed by atoms with Crippen LogP contribution in [0.25, 0.3) is 0 Å². The SMILES string of the molecule is C[NH3+].C[NH3+].C[NH3+].N[C@@H](CCC(=O)[O-])C(=O)[O-].[F-]. The molecule has 0 aliphatic carbocycles. The second-order valence-electron chi connectivity index (χ2n) is 1.84. The summed E-state index contributed by atoms with van der Waals surface area (Å²) in [5.74, 6) is -2.75. The molecule has 0 spiro atoms. The Bertz CT molecular complexity index is 160. The van der Waals surface area contributed by atoms with Crippen LogP contribution in [0.4, 0.5) is 0 Å². The van der Waals surface area contributed by atoms with E-state index in [1.165, 1.54) is 0 Å². The predicted octanol–water partition coefficient (Wildman–Crippen LogP) is -9.83. The third-order valence-corrected chi connectivity index (χ3v) is 0.962. The van der Waals surface area contributed by atoms with Crippen molar-refractivity contribution < 1.29 is 41.7 Å². The van der Waals surface area contributed by atoms with Gasteiger partial charge >= 0.3 is 0 Å². The van der Waals surface area contributed by atoms with Crippen LogP contribution in [0.5, 0.6) is 0 Å². The summed E-state index contributed by atoms with van der Waals surface area (Å²) in [5, 5.41) is 19.6. The third kappa shape index (κ3) is 40.0. The van der Waals surface area contributed by atoms with Gasteiger partial charge in [0.2, 0.25) is 0 Å². The zero-order valence-electron chi connectivity index (χ0n) is 10.7. The van der Waals surface area contributed by atoms with Gasteiger partial charge in [0.05, 0.1) is 27.1 Å². The number of aliphatic carboxylic acids is 2. The van der Waals surface area contributed by atoms with Crippen molar-refractivity contribution in [2.24, 2.45) is 5.73 Å². The summed E-state index contributed by atoms with van der Waals surface area (Å²) in [5.41, 5.74) is 14.7. The van der Waals surface area contributed by atoms with Gasteiger partial charge in [0.1, 0.15) is 0 Å². The topological polar surface area (TPSA) is 189 Å². The Hall–Kier alpha value is -1.29. The van der Waals surface area contributed by atoms with Crippen molar-refractivity contribution in [3.63, 3.8) is 0 Å². The molecule has 1 atom stereocenters. The normalized spacial score (nSPS) is 8.41. The lowest BCUT2D eigenvalue weighted by Gasteiger charge is -2.11. The van der Waals surface area contributed by atoms with Gasteiger partial charge in [0.25, 0.3) is 0 Å². The maximum Gasteiger partial charge on any atom is 0.0634 e. The number of nitrogens with two attached hydrogens (primary N) is 1. The van der Waals surface area contributed by atoms with Crippen LogP contribution in [0, 0.1) is 0 Å². The van der Waals surface area contributed by atoms with Crippen molar-refractivity contribution in [3.8, 4) is 0 Å². The van der Waals surface area contributed by atoms with Gasteiger partial charge in [-0.2, -0.15) is 0 Å². The molecule has 0 saturated carbocycles. The van der Waals surface area contributed by atoms with Gasteiger partial charge in [0, 0.05) is 12.0 Å². The molecule has 0 aliphatic rings. The van der Waals surface area contributed by atoms with E-state index in [-0.39, 0.29) is 17.5 Å². The number of carboxylic acid groups (broad SMARTS) is 2. The minimum Gasteiger partial charge on any atom is -1.00 e. The number of rotatable bonds is 4. The van der Waals surface area contributed by atoms with Gasteiger partial charge in [-0.15, -0.1) is 0 Å². The molecule has 0 fully saturated rings. The summed E-state index contributed by atoms with van der Waals surface area (Å²) in [4.78, 5) is 19.6. The summed E-state index contributed by atoms with van der Waals surface area (Å²) in [6.45, 7) is 0. The van der Waals surface area contributed by atoms with E-state index in [0.717, 1.165) is 0 Å². The Balaban J connectivity index is -0.0000000594. The first-order chi connectivity index (χ1) is 7.54. The van der Waals surface area contributed by atoms with Gasteiger partial charge in [0.15, 0.2) is 0 Å². The summed E-state index contributed by atoms with van der Waals surface area (Å²) in [6, 6.07) is -1.21. The minimum absolute atomic E-state index is 0. The molecule has 17 heavy (non-hydrogen) atoms. The molecule has 0 amide bonds. The molecule has 108 valence electrons. The first-order valence-corrected chi connectivity index (χ1v) is 4.82. The van der Waals surface area contributed by atoms with Crippen molar-refractivity contribution in [2.75, 3.05) is 21.1 Å². The van der Waals surface area contributed by atoms with E-state index in [0.29, 0.717) is 0 Å². The van der Waals surface area contributed by atoms with Crippen molar-refractivity contribution in [1.82, 2.24) is 0 Å². The summed E-state index contributed by atoms with van der Waals surface area (Å²) in [7, 11) is 5.25. The van der Waals surface area contributed by atoms with Crippen LogP contribution in [0.2, 0.25) is 0 Å². The standard InChI is InChI=1S/C5H9NO4.3CH5N.FH/c6-3(5(9)10)1-2-4(7)8;3*1-2;/h3H,1-2,6H2,(H,7,8)(H,9,10);3*2H2,1H3;1H/t3-;;;;/m0..../s1. The highest BCUT2D eigenvalue weighted by molar-refractivity contribution is 5.72. The smallest absolute Gasteiger partial charge is 0.0634 e. The Morgan fingerprint density at radius 3 is 1.53 bits per heavy atom. The van der Waals surface area contributed by atoms with Gasteiger partial charge < -0.3 is 47.4 Å². The molecule has 11 N–H and O–H groups in total. The molecular weight excluding hydrogens is 235 g/mol. The third-order valence-electron chi connectivity index (χ3n) is 0.962. The maximum atomic E-state index is 9.86. The number of carbonyl (C=O) groups excluding carboxylic acids is 2. The van der Waals surface area contributed by atoms with Crippen LogP contribution < -0.4 is 37.9 Å². The number of hydrogen-bond acceptors (Lipinski definition) is 5. The highest BCUT2D eigenvalue weighted by Crippen LogP contribution is 1.90. The van der Waals surface area contributed by atoms with Crippen LogP contribution in [0.1, 0.15) is 12.8 Å². The fourth-order valence-electron chi connectivity index (χ4n) is 0.391. The quantitative estimate of drug-likeness (QED) is 0.389. The van der Waals surface area contributed by atoms with E-state index in [1.807, 2.05) is 0 Å². The van der Waals surface area contributed by atoms with Crippen molar-refractivity contribution in [1.29, 1.82) is 0 Å². The summed E-state index contributed by atoms with van der Waals surface area (Å²) >= 11 is 0. The van der Waals surface area contributed by atoms with E-state index in [2.05, 4.69) is 17.2 Å². The van der Waals surface area contributed by atoms with Gasteiger partial charge in [-0.05, 0) is 12.8 Å². The van der Waals surface area contributed by atoms with Crippen molar-refractivity contribution in [3.05, 3.63) is 0 Å². The van der Waals surface area contributed by atoms with Crippen LogP contribution in [0.15, 0.2) is 0 Å². The predicted molar refractivity (Wildman–Crippen MR) is 53.7 cm³/mol. The second kappa shape index (κ2) is 29.3. The molecule has 0 aromatic carbocycles. The zero-order valence-corrected chi connectivity index (χ0v) is 10.7. The molecule has 0 unspecified atom stereocenters. The molecule has 0 aromatic heterocycles. The molecule has 0 rings (SSSR count). The Kier molecular flexibility index (Phi) is 51.1. The number of hydrogen-bond donors (Lipinski definition) is 4. The maximum absolute atomic E-state index is 9.86. The molecule has 0 saturated heterocycles. The molecule has 0 radical (unpaired) electrons. The molecule has 0 aromatic rings. The number of quaternary nitrogens is 3. The van der Waals surface area contributed by atoms with Gasteiger partial charge in [-0.3, -0.25) is 0 Å². The van der Waals surface area contributed by atoms with E-state index in [4.69, 9.17) is 5.73 Å². The summed E-state index contributed by atoms with van der Waals surface area (Å²) in [6.07, 6.45) is -0.500. The fourth-order valence-corrected chi connectivity index (χ4v) is 0.391. The average Bonchev–Trinajstić information content (AvgIpc) is 2.33. The van der Waals surface area contributed by atoms with E-state index >= 15 is 0 Å². The molecule has 0 bridgehead atoms. The number of carboxylic acids is 2. The Morgan fingerprint density at radius 1 is 1.06 bits per heavy atom. The van der Waals surface area contributed by atoms with E-state index < -0.39 is 18.0 Å². The Labute approximate surface area is 100 Å². The largest absolute Gasteiger partial charge is 1.00 e. The highest BCUT2D eigenvalue weighted by atomic mass is 19.0.